The number of carbonyl (C=O) groups excluding carboxylic acids is 3. The van der Waals surface area contributed by atoms with Gasteiger partial charge in [0.15, 0.2) is 6.61 Å². The third kappa shape index (κ3) is 5.28. The summed E-state index contributed by atoms with van der Waals surface area (Å²) in [6.45, 7) is 3.01. The maximum Gasteiger partial charge on any atom is 0.339 e. The van der Waals surface area contributed by atoms with E-state index in [0.717, 1.165) is 34.5 Å². The van der Waals surface area contributed by atoms with Crippen molar-refractivity contribution in [3.63, 3.8) is 0 Å². The number of aromatic nitrogens is 1. The highest BCUT2D eigenvalue weighted by molar-refractivity contribution is 7.10. The number of para-hydroxylation sites is 1. The van der Waals surface area contributed by atoms with Gasteiger partial charge in [0.1, 0.15) is 0 Å². The van der Waals surface area contributed by atoms with Crippen molar-refractivity contribution in [1.29, 1.82) is 0 Å². The second kappa shape index (κ2) is 9.95. The number of rotatable bonds is 5. The summed E-state index contributed by atoms with van der Waals surface area (Å²) in [5, 5.41) is 7.44. The largest absolute Gasteiger partial charge is 0.452 e. The van der Waals surface area contributed by atoms with E-state index in [2.05, 4.69) is 22.8 Å². The number of ether oxygens (including phenoxy) is 1. The zero-order valence-corrected chi connectivity index (χ0v) is 19.3. The van der Waals surface area contributed by atoms with Crippen molar-refractivity contribution in [2.45, 2.75) is 39.2 Å². The predicted molar refractivity (Wildman–Crippen MR) is 129 cm³/mol. The summed E-state index contributed by atoms with van der Waals surface area (Å²) >= 11 is 1.65. The first-order chi connectivity index (χ1) is 15.9. The van der Waals surface area contributed by atoms with E-state index in [-0.39, 0.29) is 6.04 Å². The fourth-order valence-corrected chi connectivity index (χ4v) is 4.60. The van der Waals surface area contributed by atoms with Crippen LogP contribution in [-0.2, 0) is 16.0 Å². The molecule has 8 heteroatoms. The van der Waals surface area contributed by atoms with E-state index in [1.165, 1.54) is 0 Å². The summed E-state index contributed by atoms with van der Waals surface area (Å²) in [7, 11) is 0. The van der Waals surface area contributed by atoms with Crippen molar-refractivity contribution in [2.24, 2.45) is 0 Å². The topological polar surface area (TPSA) is 97.4 Å². The Kier molecular flexibility index (Phi) is 6.84. The second-order valence-corrected chi connectivity index (χ2v) is 9.10. The van der Waals surface area contributed by atoms with Crippen LogP contribution in [0.25, 0.3) is 22.6 Å². The molecule has 170 valence electrons. The summed E-state index contributed by atoms with van der Waals surface area (Å²) in [6.07, 6.45) is 4.58. The van der Waals surface area contributed by atoms with Crippen molar-refractivity contribution in [3.05, 3.63) is 63.5 Å². The molecule has 0 atom stereocenters. The Morgan fingerprint density at radius 1 is 1.15 bits per heavy atom. The van der Waals surface area contributed by atoms with Gasteiger partial charge in [0.05, 0.1) is 16.8 Å². The van der Waals surface area contributed by atoms with Gasteiger partial charge in [-0.15, -0.1) is 11.3 Å². The molecular formula is C25H25N3O4S. The van der Waals surface area contributed by atoms with Gasteiger partial charge in [-0.1, -0.05) is 24.3 Å². The molecule has 0 bridgehead atoms. The molecular weight excluding hydrogens is 438 g/mol. The van der Waals surface area contributed by atoms with Gasteiger partial charge in [-0.05, 0) is 67.8 Å². The Hall–Kier alpha value is -3.52. The van der Waals surface area contributed by atoms with Crippen molar-refractivity contribution in [2.75, 3.05) is 6.61 Å². The van der Waals surface area contributed by atoms with E-state index in [0.29, 0.717) is 22.9 Å². The normalized spacial score (nSPS) is 14.2. The minimum Gasteiger partial charge on any atom is -0.452 e. The number of benzene rings is 1. The summed E-state index contributed by atoms with van der Waals surface area (Å²) in [4.78, 5) is 43.0. The SMILES string of the molecule is CC(C)NC(=O)NC(=O)COC(=O)c1c2c(nc3ccccc13)C(=Cc1cccs1)CCC2. The number of fused-ring (bicyclic) bond motifs is 2. The molecule has 0 fully saturated rings. The van der Waals surface area contributed by atoms with Gasteiger partial charge >= 0.3 is 12.0 Å². The van der Waals surface area contributed by atoms with Gasteiger partial charge in [-0.2, -0.15) is 0 Å². The fourth-order valence-electron chi connectivity index (χ4n) is 3.92. The highest BCUT2D eigenvalue weighted by Gasteiger charge is 2.26. The third-order valence-corrected chi connectivity index (χ3v) is 6.06. The minimum atomic E-state index is -0.688. The smallest absolute Gasteiger partial charge is 0.339 e. The average molecular weight is 464 g/mol. The standard InChI is InChI=1S/C25H25N3O4S/c1-15(2)26-25(31)28-21(29)14-32-24(30)22-18-9-3-4-11-20(18)27-23-16(7-5-10-19(22)23)13-17-8-6-12-33-17/h3-4,6,8-9,11-13,15H,5,7,10,14H2,1-2H3,(H2,26,28,29,31). The lowest BCUT2D eigenvalue weighted by Gasteiger charge is -2.22. The molecule has 4 rings (SSSR count). The first-order valence-electron chi connectivity index (χ1n) is 10.9. The lowest BCUT2D eigenvalue weighted by molar-refractivity contribution is -0.123. The molecule has 3 aromatic rings. The van der Waals surface area contributed by atoms with Crippen LogP contribution in [0.3, 0.4) is 0 Å². The summed E-state index contributed by atoms with van der Waals surface area (Å²) in [5.74, 6) is -1.28. The summed E-state index contributed by atoms with van der Waals surface area (Å²) < 4.78 is 5.33. The molecule has 3 amide bonds. The van der Waals surface area contributed by atoms with Gasteiger partial charge in [-0.25, -0.2) is 14.6 Å². The summed E-state index contributed by atoms with van der Waals surface area (Å²) in [5.41, 5.74) is 3.86. The van der Waals surface area contributed by atoms with Gasteiger partial charge in [-0.3, -0.25) is 10.1 Å². The molecule has 0 radical (unpaired) electrons. The maximum atomic E-state index is 13.2. The number of thiophene rings is 1. The van der Waals surface area contributed by atoms with E-state index >= 15 is 0 Å². The monoisotopic (exact) mass is 463 g/mol. The number of pyridine rings is 1. The number of nitrogens with zero attached hydrogens (tertiary/aromatic N) is 1. The lowest BCUT2D eigenvalue weighted by atomic mass is 9.86. The fraction of sp³-hybridized carbons (Fsp3) is 0.280. The van der Waals surface area contributed by atoms with Crippen LogP contribution in [0.2, 0.25) is 0 Å². The van der Waals surface area contributed by atoms with Crippen LogP contribution in [0.4, 0.5) is 4.79 Å². The number of carbonyl (C=O) groups is 3. The summed E-state index contributed by atoms with van der Waals surface area (Å²) in [6, 6.07) is 10.7. The average Bonchev–Trinajstić information content (AvgIpc) is 3.29. The molecule has 2 aromatic heterocycles. The number of hydrogen-bond acceptors (Lipinski definition) is 6. The van der Waals surface area contributed by atoms with Gasteiger partial charge < -0.3 is 10.1 Å². The molecule has 2 N–H and O–H groups in total. The van der Waals surface area contributed by atoms with Crippen LogP contribution in [-0.4, -0.2) is 35.5 Å². The van der Waals surface area contributed by atoms with E-state index in [1.807, 2.05) is 35.7 Å². The van der Waals surface area contributed by atoms with E-state index in [1.54, 1.807) is 25.2 Å². The molecule has 0 spiro atoms. The number of imide groups is 1. The molecule has 7 nitrogen and oxygen atoms in total. The third-order valence-electron chi connectivity index (χ3n) is 5.24. The number of urea groups is 1. The van der Waals surface area contributed by atoms with Crippen LogP contribution in [0.5, 0.6) is 0 Å². The van der Waals surface area contributed by atoms with Crippen LogP contribution in [0.1, 0.15) is 53.2 Å². The Bertz CT molecular complexity index is 1230. The zero-order chi connectivity index (χ0) is 23.4. The minimum absolute atomic E-state index is 0.119. The van der Waals surface area contributed by atoms with Gasteiger partial charge in [0.25, 0.3) is 5.91 Å². The zero-order valence-electron chi connectivity index (χ0n) is 18.5. The maximum absolute atomic E-state index is 13.2. The Morgan fingerprint density at radius 3 is 2.73 bits per heavy atom. The van der Waals surface area contributed by atoms with Crippen LogP contribution < -0.4 is 10.6 Å². The van der Waals surface area contributed by atoms with Crippen LogP contribution in [0, 0.1) is 0 Å². The molecule has 0 aliphatic heterocycles. The molecule has 33 heavy (non-hydrogen) atoms. The van der Waals surface area contributed by atoms with E-state index in [4.69, 9.17) is 9.72 Å². The number of esters is 1. The Labute approximate surface area is 195 Å². The quantitative estimate of drug-likeness (QED) is 0.541. The lowest BCUT2D eigenvalue weighted by Crippen LogP contribution is -2.44. The van der Waals surface area contributed by atoms with Gasteiger partial charge in [0, 0.05) is 16.3 Å². The van der Waals surface area contributed by atoms with Crippen molar-refractivity contribution in [3.8, 4) is 0 Å². The molecule has 1 aromatic carbocycles. The molecule has 2 heterocycles. The van der Waals surface area contributed by atoms with Crippen molar-refractivity contribution < 1.29 is 19.1 Å². The number of allylic oxidation sites excluding steroid dienone is 1. The number of hydrogen-bond donors (Lipinski definition) is 2. The van der Waals surface area contributed by atoms with Gasteiger partial charge in [0.2, 0.25) is 0 Å². The molecule has 0 saturated carbocycles. The molecule has 1 aliphatic rings. The predicted octanol–water partition coefficient (Wildman–Crippen LogP) is 4.56. The van der Waals surface area contributed by atoms with Crippen LogP contribution >= 0.6 is 11.3 Å². The van der Waals surface area contributed by atoms with Crippen molar-refractivity contribution >= 4 is 51.8 Å². The van der Waals surface area contributed by atoms with E-state index < -0.39 is 24.5 Å². The molecule has 0 unspecified atom stereocenters. The highest BCUT2D eigenvalue weighted by Crippen LogP contribution is 2.36. The Morgan fingerprint density at radius 2 is 1.97 bits per heavy atom. The first kappa shape index (κ1) is 22.7. The van der Waals surface area contributed by atoms with Crippen LogP contribution in [0.15, 0.2) is 41.8 Å². The molecule has 0 saturated heterocycles. The first-order valence-corrected chi connectivity index (χ1v) is 11.7. The number of amides is 3. The number of nitrogens with one attached hydrogen (secondary N) is 2. The molecule has 1 aliphatic carbocycles. The highest BCUT2D eigenvalue weighted by atomic mass is 32.1. The second-order valence-electron chi connectivity index (χ2n) is 8.12. The van der Waals surface area contributed by atoms with E-state index in [9.17, 15) is 14.4 Å². The Balaban J connectivity index is 1.64. The van der Waals surface area contributed by atoms with Crippen molar-refractivity contribution in [1.82, 2.24) is 15.6 Å².